The van der Waals surface area contributed by atoms with E-state index in [2.05, 4.69) is 4.72 Å². The smallest absolute Gasteiger partial charge is 0.138 e. The Morgan fingerprint density at radius 3 is 2.46 bits per heavy atom. The van der Waals surface area contributed by atoms with E-state index < -0.39 is 17.0 Å². The van der Waals surface area contributed by atoms with Crippen molar-refractivity contribution < 1.29 is 13.4 Å². The highest BCUT2D eigenvalue weighted by molar-refractivity contribution is 7.83. The van der Waals surface area contributed by atoms with Crippen LogP contribution in [0, 0.1) is 12.8 Å². The summed E-state index contributed by atoms with van der Waals surface area (Å²) >= 11 is 0. The van der Waals surface area contributed by atoms with Crippen LogP contribution in [0.1, 0.15) is 50.5 Å². The molecule has 0 amide bonds. The van der Waals surface area contributed by atoms with E-state index in [0.717, 1.165) is 12.0 Å². The van der Waals surface area contributed by atoms with Gasteiger partial charge in [0.05, 0.1) is 17.2 Å². The van der Waals surface area contributed by atoms with Gasteiger partial charge >= 0.3 is 0 Å². The van der Waals surface area contributed by atoms with Crippen LogP contribution in [0.25, 0.3) is 0 Å². The van der Waals surface area contributed by atoms with Gasteiger partial charge in [0, 0.05) is 12.3 Å². The molecular weight excluding hydrogens is 322 g/mol. The molecule has 1 heterocycles. The van der Waals surface area contributed by atoms with Crippen LogP contribution in [-0.2, 0) is 15.8 Å². The summed E-state index contributed by atoms with van der Waals surface area (Å²) in [6.45, 7) is 5.96. The lowest BCUT2D eigenvalue weighted by atomic mass is 9.89. The van der Waals surface area contributed by atoms with E-state index in [1.54, 1.807) is 12.3 Å². The summed E-state index contributed by atoms with van der Waals surface area (Å²) in [4.78, 5) is 13.2. The number of carbonyl (C=O) groups is 1. The summed E-state index contributed by atoms with van der Waals surface area (Å²) in [5, 5.41) is 0. The van der Waals surface area contributed by atoms with Gasteiger partial charge in [-0.25, -0.2) is 8.93 Å². The second-order valence-electron chi connectivity index (χ2n) is 5.92. The lowest BCUT2D eigenvalue weighted by Crippen LogP contribution is -2.33. The molecule has 0 aliphatic carbocycles. The molecule has 1 unspecified atom stereocenters. The fourth-order valence-electron chi connectivity index (χ4n) is 2.73. The molecule has 24 heavy (non-hydrogen) atoms. The fraction of sp³-hybridized carbons (Fsp3) is 0.421. The molecule has 0 spiro atoms. The molecule has 0 bridgehead atoms. The molecule has 2 rings (SSSR count). The van der Waals surface area contributed by atoms with Gasteiger partial charge in [0.2, 0.25) is 0 Å². The highest BCUT2D eigenvalue weighted by atomic mass is 32.2. The Kier molecular flexibility index (Phi) is 6.94. The number of hydrogen-bond donors (Lipinski definition) is 1. The monoisotopic (exact) mass is 347 g/mol. The zero-order valence-electron chi connectivity index (χ0n) is 14.5. The van der Waals surface area contributed by atoms with Crippen LogP contribution in [-0.4, -0.2) is 9.99 Å². The summed E-state index contributed by atoms with van der Waals surface area (Å²) in [6, 6.07) is 10.7. The van der Waals surface area contributed by atoms with Gasteiger partial charge in [-0.15, -0.1) is 0 Å². The molecule has 1 aromatic heterocycles. The summed E-state index contributed by atoms with van der Waals surface area (Å²) < 4.78 is 21.3. The average Bonchev–Trinajstić information content (AvgIpc) is 3.09. The first-order valence-corrected chi connectivity index (χ1v) is 9.52. The molecule has 5 heteroatoms. The van der Waals surface area contributed by atoms with E-state index in [9.17, 15) is 9.00 Å². The Morgan fingerprint density at radius 1 is 1.21 bits per heavy atom. The number of nitrogens with one attached hydrogen (secondary N) is 1. The van der Waals surface area contributed by atoms with Crippen molar-refractivity contribution in [3.05, 3.63) is 54.0 Å². The van der Waals surface area contributed by atoms with Gasteiger partial charge in [0.15, 0.2) is 0 Å². The van der Waals surface area contributed by atoms with Crippen molar-refractivity contribution in [2.45, 2.75) is 51.0 Å². The topological polar surface area (TPSA) is 59.3 Å². The van der Waals surface area contributed by atoms with E-state index in [1.807, 2.05) is 51.1 Å². The minimum Gasteiger partial charge on any atom is -0.468 e. The van der Waals surface area contributed by atoms with Crippen LogP contribution in [0.15, 0.2) is 52.0 Å². The second kappa shape index (κ2) is 8.94. The first-order chi connectivity index (χ1) is 11.6. The third-order valence-electron chi connectivity index (χ3n) is 4.07. The number of Topliss-reactive ketones (excluding diaryl/α,β-unsaturated/α-hetero) is 1. The van der Waals surface area contributed by atoms with E-state index >= 15 is 0 Å². The van der Waals surface area contributed by atoms with Crippen molar-refractivity contribution in [2.75, 3.05) is 0 Å². The minimum absolute atomic E-state index is 0.176. The second-order valence-corrected chi connectivity index (χ2v) is 7.17. The van der Waals surface area contributed by atoms with Crippen molar-refractivity contribution in [3.8, 4) is 0 Å². The molecule has 0 radical (unpaired) electrons. The molecule has 0 aliphatic rings. The molecule has 0 saturated heterocycles. The highest BCUT2D eigenvalue weighted by Crippen LogP contribution is 2.28. The Morgan fingerprint density at radius 2 is 1.92 bits per heavy atom. The Hall–Kier alpha value is -1.72. The standard InChI is InChI=1S/C19H25NO3S/c1-4-7-17(21)16(5-2)19(18-8-6-13-23-18)20-24(22)15-11-9-14(3)10-12-15/h6,8-13,16,19-20H,4-5,7H2,1-3H3/t16-,19-,24?/m1/s1. The van der Waals surface area contributed by atoms with Gasteiger partial charge in [0.1, 0.15) is 22.5 Å². The van der Waals surface area contributed by atoms with Crippen molar-refractivity contribution >= 4 is 16.8 Å². The fourth-order valence-corrected chi connectivity index (χ4v) is 3.76. The molecule has 130 valence electrons. The number of carbonyl (C=O) groups excluding carboxylic acids is 1. The SMILES string of the molecule is CCCC(=O)[C@@H](CC)[C@@H](NS(=O)c1ccc(C)cc1)c1ccco1. The van der Waals surface area contributed by atoms with Crippen LogP contribution in [0.2, 0.25) is 0 Å². The van der Waals surface area contributed by atoms with Crippen LogP contribution in [0.3, 0.4) is 0 Å². The third-order valence-corrected chi connectivity index (χ3v) is 5.24. The molecule has 0 fully saturated rings. The summed E-state index contributed by atoms with van der Waals surface area (Å²) in [6.07, 6.45) is 3.58. The number of aryl methyl sites for hydroxylation is 1. The number of ketones is 1. The maximum absolute atomic E-state index is 12.7. The van der Waals surface area contributed by atoms with E-state index in [0.29, 0.717) is 23.5 Å². The molecule has 0 saturated carbocycles. The van der Waals surface area contributed by atoms with Gasteiger partial charge in [-0.05, 0) is 44.0 Å². The molecule has 3 atom stereocenters. The summed E-state index contributed by atoms with van der Waals surface area (Å²) in [5.41, 5.74) is 1.11. The van der Waals surface area contributed by atoms with Crippen molar-refractivity contribution in [1.82, 2.24) is 4.72 Å². The minimum atomic E-state index is -1.41. The molecule has 1 aromatic carbocycles. The van der Waals surface area contributed by atoms with Crippen molar-refractivity contribution in [2.24, 2.45) is 5.92 Å². The van der Waals surface area contributed by atoms with Crippen LogP contribution < -0.4 is 4.72 Å². The van der Waals surface area contributed by atoms with Crippen LogP contribution in [0.4, 0.5) is 0 Å². The Bertz CT molecular complexity index is 664. The van der Waals surface area contributed by atoms with E-state index in [1.165, 1.54) is 0 Å². The molecule has 0 aliphatic heterocycles. The lowest BCUT2D eigenvalue weighted by molar-refractivity contribution is -0.124. The number of rotatable bonds is 9. The average molecular weight is 347 g/mol. The largest absolute Gasteiger partial charge is 0.468 e. The number of benzene rings is 1. The normalized spacial score (nSPS) is 15.0. The quantitative estimate of drug-likeness (QED) is 0.734. The zero-order chi connectivity index (χ0) is 17.5. The molecule has 2 aromatic rings. The summed E-state index contributed by atoms with van der Waals surface area (Å²) in [7, 11) is -1.41. The molecular formula is C19H25NO3S. The van der Waals surface area contributed by atoms with Gasteiger partial charge in [-0.2, -0.15) is 0 Å². The Balaban J connectivity index is 2.24. The molecule has 4 nitrogen and oxygen atoms in total. The van der Waals surface area contributed by atoms with Gasteiger partial charge in [-0.3, -0.25) is 4.79 Å². The van der Waals surface area contributed by atoms with Crippen LogP contribution >= 0.6 is 0 Å². The van der Waals surface area contributed by atoms with Gasteiger partial charge in [-0.1, -0.05) is 31.5 Å². The maximum atomic E-state index is 12.7. The maximum Gasteiger partial charge on any atom is 0.138 e. The Labute approximate surface area is 146 Å². The number of hydrogen-bond acceptors (Lipinski definition) is 3. The van der Waals surface area contributed by atoms with Gasteiger partial charge < -0.3 is 4.42 Å². The predicted molar refractivity (Wildman–Crippen MR) is 95.9 cm³/mol. The van der Waals surface area contributed by atoms with Crippen molar-refractivity contribution in [3.63, 3.8) is 0 Å². The van der Waals surface area contributed by atoms with E-state index in [-0.39, 0.29) is 11.7 Å². The highest BCUT2D eigenvalue weighted by Gasteiger charge is 2.30. The lowest BCUT2D eigenvalue weighted by Gasteiger charge is -2.24. The zero-order valence-corrected chi connectivity index (χ0v) is 15.3. The van der Waals surface area contributed by atoms with E-state index in [4.69, 9.17) is 4.42 Å². The van der Waals surface area contributed by atoms with Crippen molar-refractivity contribution in [1.29, 1.82) is 0 Å². The van der Waals surface area contributed by atoms with Crippen LogP contribution in [0.5, 0.6) is 0 Å². The first kappa shape index (κ1) is 18.6. The predicted octanol–water partition coefficient (Wildman–Crippen LogP) is 4.34. The first-order valence-electron chi connectivity index (χ1n) is 8.37. The third kappa shape index (κ3) is 4.65. The number of furan rings is 1. The van der Waals surface area contributed by atoms with Gasteiger partial charge in [0.25, 0.3) is 0 Å². The molecule has 1 N–H and O–H groups in total. The summed E-state index contributed by atoms with van der Waals surface area (Å²) in [5.74, 6) is 0.562.